The van der Waals surface area contributed by atoms with Crippen molar-refractivity contribution in [2.75, 3.05) is 30.5 Å². The minimum Gasteiger partial charge on any atom is -0.456 e. The molecule has 2 saturated carbocycles. The minimum atomic E-state index is -2.39. The molecule has 11 rings (SSSR count). The van der Waals surface area contributed by atoms with E-state index in [0.29, 0.717) is 24.3 Å². The highest BCUT2D eigenvalue weighted by molar-refractivity contribution is 5.96. The van der Waals surface area contributed by atoms with Crippen molar-refractivity contribution >= 4 is 53.0 Å². The predicted molar refractivity (Wildman–Crippen MR) is 376 cm³/mol. The Labute approximate surface area is 577 Å². The van der Waals surface area contributed by atoms with Gasteiger partial charge in [0.2, 0.25) is 0 Å². The molecule has 3 aliphatic carbocycles. The number of nitrogens with zero attached hydrogens (tertiary/aromatic N) is 1. The molecule has 1 aromatic heterocycles. The molecule has 1 amide bonds. The number of ether oxygens (including phenoxy) is 6. The minimum absolute atomic E-state index is 0.00289. The third-order valence-electron chi connectivity index (χ3n) is 19.3. The molecule has 1 aliphatic heterocycles. The first-order valence-corrected chi connectivity index (χ1v) is 33.6. The number of anilines is 2. The van der Waals surface area contributed by atoms with Crippen LogP contribution in [-0.2, 0) is 47.6 Å². The Hall–Kier alpha value is -9.57. The van der Waals surface area contributed by atoms with Gasteiger partial charge in [0, 0.05) is 84.4 Å². The summed E-state index contributed by atoms with van der Waals surface area (Å²) >= 11 is 0. The number of aliphatic hydroxyl groups excluding tert-OH is 2. The van der Waals surface area contributed by atoms with Gasteiger partial charge in [-0.05, 0) is 119 Å². The van der Waals surface area contributed by atoms with Crippen LogP contribution in [0.4, 0.5) is 11.4 Å². The Balaban J connectivity index is 0.000000244. The number of H-pyrrole nitrogens is 1. The zero-order valence-corrected chi connectivity index (χ0v) is 57.7. The van der Waals surface area contributed by atoms with Crippen molar-refractivity contribution in [1.29, 1.82) is 0 Å². The lowest BCUT2D eigenvalue weighted by atomic mass is 9.44. The average Bonchev–Trinajstić information content (AvgIpc) is 0.826. The van der Waals surface area contributed by atoms with Gasteiger partial charge >= 0.3 is 23.9 Å². The SMILES string of the molecule is CC(=O)O[C@H]1C(=O)[C@@]2(C)[C@H]([C@H](OC(=O)c3ccccc3)[C@]3(O)C[C@H](OC(=O)[C@H](O)[C@@H](NC(=O)c4ccccc4)c4ccccc4)C(C)=C1C3(C)C)[C@]1(OC(C)=O)CO[C@@H]1C[C@@H]2O.CCOC/C=C/c1ccc(-c2nc(-c3ccc(NC(C)C)cc3)c(-c3ccc(NC(C)C)cc3)[nH]2)cc1. The van der Waals surface area contributed by atoms with Crippen molar-refractivity contribution in [3.05, 3.63) is 203 Å². The first kappa shape index (κ1) is 72.2. The summed E-state index contributed by atoms with van der Waals surface area (Å²) in [4.78, 5) is 92.1. The number of ketones is 1. The van der Waals surface area contributed by atoms with Gasteiger partial charge in [0.1, 0.15) is 29.7 Å². The van der Waals surface area contributed by atoms with Crippen LogP contribution in [0.1, 0.15) is 127 Å². The predicted octanol–water partition coefficient (Wildman–Crippen LogP) is 11.8. The molecule has 11 atom stereocenters. The van der Waals surface area contributed by atoms with E-state index in [1.54, 1.807) is 92.7 Å². The molecule has 7 aromatic rings. The van der Waals surface area contributed by atoms with Gasteiger partial charge < -0.3 is 64.7 Å². The number of carbonyl (C=O) groups excluding carboxylic acids is 6. The maximum atomic E-state index is 15.5. The van der Waals surface area contributed by atoms with Crippen LogP contribution < -0.4 is 16.0 Å². The van der Waals surface area contributed by atoms with E-state index >= 15 is 4.79 Å². The van der Waals surface area contributed by atoms with E-state index < -0.39 is 113 Å². The molecule has 6 aromatic carbocycles. The summed E-state index contributed by atoms with van der Waals surface area (Å²) in [5, 5.41) is 47.2. The number of Topliss-reactive ketones (excluding diaryl/α,β-unsaturated/α-hetero) is 1. The number of hydrogen-bond donors (Lipinski definition) is 7. The van der Waals surface area contributed by atoms with Crippen LogP contribution >= 0.6 is 0 Å². The van der Waals surface area contributed by atoms with Gasteiger partial charge in [-0.25, -0.2) is 14.6 Å². The van der Waals surface area contributed by atoms with E-state index in [-0.39, 0.29) is 35.3 Å². The number of rotatable bonds is 21. The molecule has 0 unspecified atom stereocenters. The molecule has 99 heavy (non-hydrogen) atoms. The summed E-state index contributed by atoms with van der Waals surface area (Å²) in [6.45, 7) is 19.9. The Kier molecular flexibility index (Phi) is 22.1. The second kappa shape index (κ2) is 30.3. The number of imidazole rings is 1. The molecule has 7 N–H and O–H groups in total. The molecule has 2 bridgehead atoms. The zero-order chi connectivity index (χ0) is 71.1. The van der Waals surface area contributed by atoms with Crippen molar-refractivity contribution in [3.63, 3.8) is 0 Å². The highest BCUT2D eigenvalue weighted by atomic mass is 16.6. The number of esters is 4. The highest BCUT2D eigenvalue weighted by Crippen LogP contribution is 2.64. The summed E-state index contributed by atoms with van der Waals surface area (Å²) in [7, 11) is 0. The standard InChI is InChI=1S/C47H51NO14.C32H38N4O/c1-25-31(60-43(56)36(52)35(28-16-10-7-11-17-28)48-41(54)29-18-12-8-13-19-29)23-47(57)40(61-42(55)30-20-14-9-15-21-30)38-45(6,32(51)22-33-46(38,24-58-33)62-27(3)50)39(53)37(59-26(2)49)34(25)44(47,4)5;1-6-37-21-7-8-24-9-11-27(12-10-24)32-35-30(25-13-17-28(18-14-25)33-22(2)3)31(36-32)26-15-19-29(20-16-26)34-23(4)5/h7-21,31-33,35-38,40,51-52,57H,22-24H2,1-6H3,(H,48,54);7-20,22-23,33-34H,6,21H2,1-5H3,(H,35,36)/b;8-7+/t31-,32-,33+,35-,36+,37+,38-,40-,45+,46-,47+;/m0./s1. The molecule has 1 saturated heterocycles. The molecule has 0 spiro atoms. The summed E-state index contributed by atoms with van der Waals surface area (Å²) in [5.41, 5.74) is 1.50. The van der Waals surface area contributed by atoms with Crippen molar-refractivity contribution in [2.24, 2.45) is 16.7 Å². The molecule has 4 aliphatic rings. The van der Waals surface area contributed by atoms with Gasteiger partial charge in [-0.15, -0.1) is 0 Å². The van der Waals surface area contributed by atoms with Crippen LogP contribution in [0.15, 0.2) is 181 Å². The second-order valence-corrected chi connectivity index (χ2v) is 27.1. The molecule has 0 radical (unpaired) electrons. The Morgan fingerprint density at radius 1 is 0.727 bits per heavy atom. The van der Waals surface area contributed by atoms with Gasteiger partial charge in [-0.2, -0.15) is 0 Å². The number of nitrogens with one attached hydrogen (secondary N) is 4. The fraction of sp³-hybridized carbons (Fsp3) is 0.380. The van der Waals surface area contributed by atoms with E-state index in [0.717, 1.165) is 71.3 Å². The van der Waals surface area contributed by atoms with E-state index in [1.807, 2.05) is 13.0 Å². The summed E-state index contributed by atoms with van der Waals surface area (Å²) in [6, 6.07) is 49.2. The van der Waals surface area contributed by atoms with Gasteiger partial charge in [0.15, 0.2) is 23.6 Å². The number of carbonyl (C=O) groups is 6. The van der Waals surface area contributed by atoms with Gasteiger partial charge in [-0.1, -0.05) is 141 Å². The lowest BCUT2D eigenvalue weighted by Crippen LogP contribution is -2.82. The number of hydrogen-bond acceptors (Lipinski definition) is 18. The molecule has 20 nitrogen and oxygen atoms in total. The molecule has 3 fully saturated rings. The number of aliphatic hydroxyl groups is 3. The largest absolute Gasteiger partial charge is 0.456 e. The molecule has 20 heteroatoms. The number of amides is 1. The van der Waals surface area contributed by atoms with Crippen LogP contribution in [0.3, 0.4) is 0 Å². The van der Waals surface area contributed by atoms with Gasteiger partial charge in [0.25, 0.3) is 5.91 Å². The van der Waals surface area contributed by atoms with Crippen LogP contribution in [0, 0.1) is 16.7 Å². The van der Waals surface area contributed by atoms with Crippen LogP contribution in [0.5, 0.6) is 0 Å². The van der Waals surface area contributed by atoms with Gasteiger partial charge in [0.05, 0.1) is 53.6 Å². The Morgan fingerprint density at radius 2 is 1.29 bits per heavy atom. The molecule has 2 heterocycles. The lowest BCUT2D eigenvalue weighted by molar-refractivity contribution is -0.346. The van der Waals surface area contributed by atoms with E-state index in [2.05, 4.69) is 128 Å². The monoisotopic (exact) mass is 1350 g/mol. The van der Waals surface area contributed by atoms with Crippen molar-refractivity contribution in [1.82, 2.24) is 15.3 Å². The van der Waals surface area contributed by atoms with Crippen LogP contribution in [-0.4, -0.2) is 141 Å². The van der Waals surface area contributed by atoms with E-state index in [4.69, 9.17) is 33.4 Å². The van der Waals surface area contributed by atoms with Gasteiger partial charge in [-0.3, -0.25) is 19.2 Å². The number of aromatic nitrogens is 2. The van der Waals surface area contributed by atoms with Crippen molar-refractivity contribution in [3.8, 4) is 33.9 Å². The third-order valence-corrected chi connectivity index (χ3v) is 19.3. The number of benzene rings is 6. The third kappa shape index (κ3) is 15.1. The first-order chi connectivity index (χ1) is 47.2. The first-order valence-electron chi connectivity index (χ1n) is 33.6. The van der Waals surface area contributed by atoms with Crippen LogP contribution in [0.2, 0.25) is 0 Å². The highest BCUT2D eigenvalue weighted by Gasteiger charge is 2.78. The molecule has 520 valence electrons. The fourth-order valence-electron chi connectivity index (χ4n) is 14.4. The average molecular weight is 1350 g/mol. The van der Waals surface area contributed by atoms with Crippen LogP contribution in [0.25, 0.3) is 40.0 Å². The normalized spacial score (nSPS) is 24.3. The summed E-state index contributed by atoms with van der Waals surface area (Å²) in [6.07, 6.45) is -6.39. The molecular weight excluding hydrogens is 1260 g/mol. The Morgan fingerprint density at radius 3 is 1.84 bits per heavy atom. The maximum absolute atomic E-state index is 15.5. The lowest BCUT2D eigenvalue weighted by Gasteiger charge is -2.67. The Bertz CT molecular complexity index is 4010. The van der Waals surface area contributed by atoms with Crippen molar-refractivity contribution < 1.29 is 72.5 Å². The second-order valence-electron chi connectivity index (χ2n) is 27.1. The topological polar surface area (TPSA) is 283 Å². The molecular formula is C79H89N5O15. The summed E-state index contributed by atoms with van der Waals surface area (Å²) in [5.74, 6) is -5.99. The fourth-order valence-corrected chi connectivity index (χ4v) is 14.4. The number of aromatic amines is 1. The zero-order valence-electron chi connectivity index (χ0n) is 57.7. The quantitative estimate of drug-likeness (QED) is 0.0152. The van der Waals surface area contributed by atoms with E-state index in [1.165, 1.54) is 26.0 Å². The maximum Gasteiger partial charge on any atom is 0.338 e. The smallest absolute Gasteiger partial charge is 0.338 e. The number of fused-ring (bicyclic) bond motifs is 5. The van der Waals surface area contributed by atoms with Crippen molar-refractivity contribution in [2.45, 2.75) is 155 Å². The van der Waals surface area contributed by atoms with E-state index in [9.17, 15) is 39.3 Å². The summed E-state index contributed by atoms with van der Waals surface area (Å²) < 4.78 is 35.7.